The van der Waals surface area contributed by atoms with E-state index in [-0.39, 0.29) is 12.7 Å². The first kappa shape index (κ1) is 14.3. The Kier molecular flexibility index (Phi) is 6.58. The van der Waals surface area contributed by atoms with Crippen LogP contribution in [0.2, 0.25) is 0 Å². The number of hydrogen-bond acceptors (Lipinski definition) is 3. The molecule has 0 aromatic heterocycles. The summed E-state index contributed by atoms with van der Waals surface area (Å²) in [7, 11) is 1.58. The molecule has 0 saturated heterocycles. The van der Waals surface area contributed by atoms with Crippen LogP contribution in [0.3, 0.4) is 0 Å². The molecule has 0 spiro atoms. The van der Waals surface area contributed by atoms with Crippen LogP contribution in [0.1, 0.15) is 18.9 Å². The number of amides is 1. The van der Waals surface area contributed by atoms with Crippen molar-refractivity contribution in [3.05, 3.63) is 35.9 Å². The normalized spacial score (nSPS) is 10.6. The largest absolute Gasteiger partial charge is 0.468 e. The van der Waals surface area contributed by atoms with Crippen molar-refractivity contribution in [1.82, 2.24) is 5.32 Å². The predicted molar refractivity (Wildman–Crippen MR) is 71.3 cm³/mol. The van der Waals surface area contributed by atoms with Crippen LogP contribution in [0.4, 0.5) is 0 Å². The molecule has 1 amide bonds. The van der Waals surface area contributed by atoms with Gasteiger partial charge in [0.25, 0.3) is 0 Å². The van der Waals surface area contributed by atoms with Gasteiger partial charge in [0.2, 0.25) is 5.91 Å². The van der Waals surface area contributed by atoms with Crippen LogP contribution in [0.5, 0.6) is 5.75 Å². The third-order valence-corrected chi connectivity index (χ3v) is 2.20. The molecule has 1 aromatic rings. The van der Waals surface area contributed by atoms with Gasteiger partial charge in [-0.05, 0) is 30.2 Å². The number of hydrogen-bond donors (Lipinski definition) is 1. The van der Waals surface area contributed by atoms with Crippen molar-refractivity contribution in [2.75, 3.05) is 20.4 Å². The molecule has 1 rings (SSSR count). The fourth-order valence-electron chi connectivity index (χ4n) is 1.28. The lowest BCUT2D eigenvalue weighted by atomic mass is 10.2. The maximum Gasteiger partial charge on any atom is 0.243 e. The van der Waals surface area contributed by atoms with Gasteiger partial charge < -0.3 is 14.8 Å². The van der Waals surface area contributed by atoms with Gasteiger partial charge in [-0.2, -0.15) is 0 Å². The monoisotopic (exact) mass is 249 g/mol. The van der Waals surface area contributed by atoms with E-state index in [1.807, 2.05) is 31.2 Å². The van der Waals surface area contributed by atoms with Crippen molar-refractivity contribution in [3.8, 4) is 5.75 Å². The van der Waals surface area contributed by atoms with E-state index in [2.05, 4.69) is 5.32 Å². The maximum absolute atomic E-state index is 11.3. The van der Waals surface area contributed by atoms with E-state index in [0.29, 0.717) is 6.54 Å². The molecule has 0 heterocycles. The highest BCUT2D eigenvalue weighted by Gasteiger charge is 1.95. The van der Waals surface area contributed by atoms with Crippen LogP contribution < -0.4 is 10.1 Å². The summed E-state index contributed by atoms with van der Waals surface area (Å²) in [6.45, 7) is 2.95. The number of rotatable bonds is 7. The maximum atomic E-state index is 11.3. The van der Waals surface area contributed by atoms with Gasteiger partial charge >= 0.3 is 0 Å². The Labute approximate surface area is 108 Å². The van der Waals surface area contributed by atoms with Crippen LogP contribution in [-0.4, -0.2) is 26.4 Å². The smallest absolute Gasteiger partial charge is 0.243 e. The Bertz CT molecular complexity index is 385. The van der Waals surface area contributed by atoms with Crippen molar-refractivity contribution in [1.29, 1.82) is 0 Å². The molecule has 0 aliphatic carbocycles. The Morgan fingerprint density at radius 3 is 2.67 bits per heavy atom. The Morgan fingerprint density at radius 1 is 1.33 bits per heavy atom. The number of carbonyl (C=O) groups is 1. The third-order valence-electron chi connectivity index (χ3n) is 2.20. The van der Waals surface area contributed by atoms with Crippen LogP contribution in [0.15, 0.2) is 30.3 Å². The standard InChI is InChI=1S/C14H19NO3/c1-3-10-15-14(16)9-6-12-4-7-13(8-5-12)18-11-17-2/h4-9H,3,10-11H2,1-2H3,(H,15,16)/b9-6+. The Balaban J connectivity index is 2.47. The Hall–Kier alpha value is -1.81. The van der Waals surface area contributed by atoms with E-state index in [9.17, 15) is 4.79 Å². The molecule has 0 saturated carbocycles. The molecular weight excluding hydrogens is 230 g/mol. The first-order valence-corrected chi connectivity index (χ1v) is 5.94. The van der Waals surface area contributed by atoms with Gasteiger partial charge in [0.1, 0.15) is 5.75 Å². The molecule has 4 heteroatoms. The van der Waals surface area contributed by atoms with Crippen LogP contribution in [-0.2, 0) is 9.53 Å². The van der Waals surface area contributed by atoms with Crippen molar-refractivity contribution >= 4 is 12.0 Å². The van der Waals surface area contributed by atoms with E-state index in [1.165, 1.54) is 6.08 Å². The zero-order valence-corrected chi connectivity index (χ0v) is 10.8. The molecule has 0 aliphatic rings. The first-order chi connectivity index (χ1) is 8.76. The quantitative estimate of drug-likeness (QED) is 0.595. The number of nitrogens with one attached hydrogen (secondary N) is 1. The summed E-state index contributed by atoms with van der Waals surface area (Å²) in [5.74, 6) is 0.668. The zero-order chi connectivity index (χ0) is 13.2. The number of benzene rings is 1. The summed E-state index contributed by atoms with van der Waals surface area (Å²) in [6.07, 6.45) is 4.23. The summed E-state index contributed by atoms with van der Waals surface area (Å²) in [4.78, 5) is 11.3. The number of carbonyl (C=O) groups excluding carboxylic acids is 1. The molecule has 98 valence electrons. The molecule has 0 bridgehead atoms. The van der Waals surface area contributed by atoms with Gasteiger partial charge in [0, 0.05) is 19.7 Å². The first-order valence-electron chi connectivity index (χ1n) is 5.94. The lowest BCUT2D eigenvalue weighted by Crippen LogP contribution is -2.21. The van der Waals surface area contributed by atoms with Gasteiger partial charge in [0.05, 0.1) is 0 Å². The van der Waals surface area contributed by atoms with Crippen molar-refractivity contribution in [2.45, 2.75) is 13.3 Å². The molecule has 18 heavy (non-hydrogen) atoms. The summed E-state index contributed by atoms with van der Waals surface area (Å²) < 4.78 is 10.1. The van der Waals surface area contributed by atoms with Gasteiger partial charge in [-0.1, -0.05) is 19.1 Å². The average Bonchev–Trinajstić information content (AvgIpc) is 2.41. The lowest BCUT2D eigenvalue weighted by Gasteiger charge is -2.04. The zero-order valence-electron chi connectivity index (χ0n) is 10.8. The summed E-state index contributed by atoms with van der Waals surface area (Å²) in [5, 5.41) is 2.77. The van der Waals surface area contributed by atoms with Gasteiger partial charge in [0.15, 0.2) is 6.79 Å². The molecule has 0 atom stereocenters. The van der Waals surface area contributed by atoms with Crippen molar-refractivity contribution in [3.63, 3.8) is 0 Å². The number of methoxy groups -OCH3 is 1. The van der Waals surface area contributed by atoms with E-state index < -0.39 is 0 Å². The highest BCUT2D eigenvalue weighted by atomic mass is 16.7. The molecule has 4 nitrogen and oxygen atoms in total. The third kappa shape index (κ3) is 5.50. The molecule has 0 fully saturated rings. The molecule has 0 unspecified atom stereocenters. The van der Waals surface area contributed by atoms with E-state index >= 15 is 0 Å². The SMILES string of the molecule is CCCNC(=O)/C=C/c1ccc(OCOC)cc1. The molecule has 0 aliphatic heterocycles. The second-order valence-corrected chi connectivity index (χ2v) is 3.74. The summed E-state index contributed by atoms with van der Waals surface area (Å²) >= 11 is 0. The minimum absolute atomic E-state index is 0.0726. The summed E-state index contributed by atoms with van der Waals surface area (Å²) in [6, 6.07) is 7.44. The van der Waals surface area contributed by atoms with Crippen LogP contribution >= 0.6 is 0 Å². The van der Waals surface area contributed by atoms with E-state index in [0.717, 1.165) is 17.7 Å². The van der Waals surface area contributed by atoms with E-state index in [1.54, 1.807) is 13.2 Å². The fourth-order valence-corrected chi connectivity index (χ4v) is 1.28. The second-order valence-electron chi connectivity index (χ2n) is 3.74. The number of ether oxygens (including phenoxy) is 2. The lowest BCUT2D eigenvalue weighted by molar-refractivity contribution is -0.116. The molecule has 0 radical (unpaired) electrons. The topological polar surface area (TPSA) is 47.6 Å². The van der Waals surface area contributed by atoms with Crippen molar-refractivity contribution < 1.29 is 14.3 Å². The average molecular weight is 249 g/mol. The second kappa shape index (κ2) is 8.31. The van der Waals surface area contributed by atoms with Gasteiger partial charge in [-0.15, -0.1) is 0 Å². The van der Waals surface area contributed by atoms with Gasteiger partial charge in [-0.25, -0.2) is 0 Å². The van der Waals surface area contributed by atoms with E-state index in [4.69, 9.17) is 9.47 Å². The minimum Gasteiger partial charge on any atom is -0.468 e. The summed E-state index contributed by atoms with van der Waals surface area (Å²) in [5.41, 5.74) is 0.950. The highest BCUT2D eigenvalue weighted by molar-refractivity contribution is 5.91. The fraction of sp³-hybridized carbons (Fsp3) is 0.357. The molecular formula is C14H19NO3. The molecule has 1 N–H and O–H groups in total. The molecule has 1 aromatic carbocycles. The highest BCUT2D eigenvalue weighted by Crippen LogP contribution is 2.12. The van der Waals surface area contributed by atoms with Crippen LogP contribution in [0, 0.1) is 0 Å². The Morgan fingerprint density at radius 2 is 2.06 bits per heavy atom. The van der Waals surface area contributed by atoms with Crippen LogP contribution in [0.25, 0.3) is 6.08 Å². The van der Waals surface area contributed by atoms with Gasteiger partial charge in [-0.3, -0.25) is 4.79 Å². The predicted octanol–water partition coefficient (Wildman–Crippen LogP) is 2.21. The minimum atomic E-state index is -0.0726. The van der Waals surface area contributed by atoms with Crippen molar-refractivity contribution in [2.24, 2.45) is 0 Å².